The van der Waals surface area contributed by atoms with Gasteiger partial charge in [-0.3, -0.25) is 9.59 Å². The first kappa shape index (κ1) is 11.0. The zero-order valence-corrected chi connectivity index (χ0v) is 9.02. The molecule has 1 aromatic heterocycles. The maximum absolute atomic E-state index is 11.2. The van der Waals surface area contributed by atoms with Gasteiger partial charge in [-0.1, -0.05) is 0 Å². The number of furan rings is 1. The zero-order chi connectivity index (χ0) is 10.6. The van der Waals surface area contributed by atoms with Crippen molar-refractivity contribution in [3.63, 3.8) is 0 Å². The van der Waals surface area contributed by atoms with Gasteiger partial charge in [-0.25, -0.2) is 0 Å². The van der Waals surface area contributed by atoms with Crippen molar-refractivity contribution in [3.8, 4) is 0 Å². The maximum Gasteiger partial charge on any atom is 0.150 e. The zero-order valence-electron chi connectivity index (χ0n) is 8.20. The van der Waals surface area contributed by atoms with Gasteiger partial charge in [0.2, 0.25) is 0 Å². The van der Waals surface area contributed by atoms with Crippen LogP contribution in [0.4, 0.5) is 0 Å². The molecule has 0 atom stereocenters. The summed E-state index contributed by atoms with van der Waals surface area (Å²) >= 11 is 1.41. The van der Waals surface area contributed by atoms with Crippen LogP contribution in [0.1, 0.15) is 19.1 Å². The molecule has 0 bridgehead atoms. The second-order valence-corrected chi connectivity index (χ2v) is 4.06. The fourth-order valence-corrected chi connectivity index (χ4v) is 1.83. The topological polar surface area (TPSA) is 47.3 Å². The van der Waals surface area contributed by atoms with Crippen LogP contribution >= 0.6 is 11.8 Å². The van der Waals surface area contributed by atoms with Crippen molar-refractivity contribution in [3.05, 3.63) is 18.1 Å². The summed E-state index contributed by atoms with van der Waals surface area (Å²) in [6.07, 6.45) is 1.62. The van der Waals surface area contributed by atoms with Gasteiger partial charge in [0.1, 0.15) is 17.3 Å². The summed E-state index contributed by atoms with van der Waals surface area (Å²) in [5.41, 5.74) is 0. The van der Waals surface area contributed by atoms with E-state index >= 15 is 0 Å². The lowest BCUT2D eigenvalue weighted by Gasteiger charge is -1.97. The Morgan fingerprint density at radius 3 is 2.71 bits per heavy atom. The van der Waals surface area contributed by atoms with Gasteiger partial charge in [0.25, 0.3) is 0 Å². The predicted molar refractivity (Wildman–Crippen MR) is 54.5 cm³/mol. The van der Waals surface area contributed by atoms with E-state index in [1.165, 1.54) is 18.7 Å². The van der Waals surface area contributed by atoms with Crippen molar-refractivity contribution in [1.29, 1.82) is 0 Å². The number of thioether (sulfide) groups is 1. The molecule has 0 amide bonds. The SMILES string of the molecule is CC(=O)CC(=O)CSc1ccoc1C. The molecule has 0 radical (unpaired) electrons. The van der Waals surface area contributed by atoms with E-state index in [1.54, 1.807) is 6.26 Å². The monoisotopic (exact) mass is 212 g/mol. The fraction of sp³-hybridized carbons (Fsp3) is 0.400. The average molecular weight is 212 g/mol. The Morgan fingerprint density at radius 1 is 1.50 bits per heavy atom. The molecule has 76 valence electrons. The van der Waals surface area contributed by atoms with Crippen LogP contribution in [0, 0.1) is 6.92 Å². The van der Waals surface area contributed by atoms with E-state index in [9.17, 15) is 9.59 Å². The smallest absolute Gasteiger partial charge is 0.150 e. The lowest BCUT2D eigenvalue weighted by molar-refractivity contribution is -0.124. The Bertz CT molecular complexity index is 341. The van der Waals surface area contributed by atoms with Crippen molar-refractivity contribution in [2.75, 3.05) is 5.75 Å². The summed E-state index contributed by atoms with van der Waals surface area (Å²) in [5.74, 6) is 1.02. The highest BCUT2D eigenvalue weighted by Gasteiger charge is 2.08. The number of rotatable bonds is 5. The lowest BCUT2D eigenvalue weighted by atomic mass is 10.2. The minimum atomic E-state index is -0.0838. The van der Waals surface area contributed by atoms with E-state index in [-0.39, 0.29) is 18.0 Å². The van der Waals surface area contributed by atoms with Crippen molar-refractivity contribution < 1.29 is 14.0 Å². The molecular formula is C10H12O3S. The number of aryl methyl sites for hydroxylation is 1. The Kier molecular flexibility index (Phi) is 3.95. The highest BCUT2D eigenvalue weighted by Crippen LogP contribution is 2.23. The normalized spacial score (nSPS) is 10.1. The highest BCUT2D eigenvalue weighted by atomic mass is 32.2. The van der Waals surface area contributed by atoms with Gasteiger partial charge in [0.05, 0.1) is 18.4 Å². The van der Waals surface area contributed by atoms with Crippen molar-refractivity contribution in [1.82, 2.24) is 0 Å². The molecular weight excluding hydrogens is 200 g/mol. The number of Topliss-reactive ketones (excluding diaryl/α,β-unsaturated/α-hetero) is 2. The Labute approximate surface area is 86.9 Å². The standard InChI is InChI=1S/C10H12O3S/c1-7(11)5-9(12)6-14-10-3-4-13-8(10)2/h3-4H,5-6H2,1-2H3. The van der Waals surface area contributed by atoms with Gasteiger partial charge in [0.15, 0.2) is 0 Å². The van der Waals surface area contributed by atoms with E-state index in [0.717, 1.165) is 10.7 Å². The maximum atomic E-state index is 11.2. The largest absolute Gasteiger partial charge is 0.468 e. The predicted octanol–water partition coefficient (Wildman–Crippen LogP) is 2.23. The molecule has 1 rings (SSSR count). The van der Waals surface area contributed by atoms with Crippen LogP contribution < -0.4 is 0 Å². The summed E-state index contributed by atoms with van der Waals surface area (Å²) in [4.78, 5) is 22.8. The molecule has 0 saturated carbocycles. The lowest BCUT2D eigenvalue weighted by Crippen LogP contribution is -2.06. The van der Waals surface area contributed by atoms with Crippen LogP contribution in [-0.2, 0) is 9.59 Å². The molecule has 0 saturated heterocycles. The molecule has 0 fully saturated rings. The van der Waals surface area contributed by atoms with E-state index < -0.39 is 0 Å². The molecule has 1 heterocycles. The van der Waals surface area contributed by atoms with E-state index in [0.29, 0.717) is 5.75 Å². The molecule has 0 aliphatic carbocycles. The number of hydrogen-bond donors (Lipinski definition) is 0. The molecule has 0 unspecified atom stereocenters. The van der Waals surface area contributed by atoms with Crippen LogP contribution in [0.5, 0.6) is 0 Å². The molecule has 1 aromatic rings. The molecule has 0 aliphatic heterocycles. The van der Waals surface area contributed by atoms with Crippen molar-refractivity contribution in [2.45, 2.75) is 25.2 Å². The first-order chi connectivity index (χ1) is 6.59. The van der Waals surface area contributed by atoms with Gasteiger partial charge in [0, 0.05) is 4.90 Å². The minimum Gasteiger partial charge on any atom is -0.468 e. The highest BCUT2D eigenvalue weighted by molar-refractivity contribution is 8.00. The first-order valence-corrected chi connectivity index (χ1v) is 5.26. The molecule has 0 aromatic carbocycles. The Morgan fingerprint density at radius 2 is 2.21 bits per heavy atom. The quantitative estimate of drug-likeness (QED) is 0.554. The van der Waals surface area contributed by atoms with Crippen LogP contribution in [0.2, 0.25) is 0 Å². The molecule has 0 spiro atoms. The summed E-state index contributed by atoms with van der Waals surface area (Å²) < 4.78 is 5.08. The number of ketones is 2. The molecule has 0 N–H and O–H groups in total. The summed E-state index contributed by atoms with van der Waals surface area (Å²) in [6.45, 7) is 3.27. The number of hydrogen-bond acceptors (Lipinski definition) is 4. The molecule has 0 aliphatic rings. The third kappa shape index (κ3) is 3.38. The van der Waals surface area contributed by atoms with Gasteiger partial charge >= 0.3 is 0 Å². The fourth-order valence-electron chi connectivity index (χ4n) is 1.01. The minimum absolute atomic E-state index is 0.0316. The Hall–Kier alpha value is -1.03. The van der Waals surface area contributed by atoms with Gasteiger partial charge in [-0.15, -0.1) is 11.8 Å². The van der Waals surface area contributed by atoms with E-state index in [1.807, 2.05) is 13.0 Å². The summed E-state index contributed by atoms with van der Waals surface area (Å²) in [6, 6.07) is 1.82. The summed E-state index contributed by atoms with van der Waals surface area (Å²) in [7, 11) is 0. The van der Waals surface area contributed by atoms with E-state index in [4.69, 9.17) is 4.42 Å². The van der Waals surface area contributed by atoms with Gasteiger partial charge < -0.3 is 4.42 Å². The second-order valence-electron chi connectivity index (χ2n) is 3.05. The molecule has 14 heavy (non-hydrogen) atoms. The van der Waals surface area contributed by atoms with Gasteiger partial charge in [-0.2, -0.15) is 0 Å². The van der Waals surface area contributed by atoms with Crippen LogP contribution in [0.25, 0.3) is 0 Å². The second kappa shape index (κ2) is 5.00. The third-order valence-corrected chi connectivity index (χ3v) is 2.85. The van der Waals surface area contributed by atoms with E-state index in [2.05, 4.69) is 0 Å². The third-order valence-electron chi connectivity index (χ3n) is 1.65. The molecule has 4 heteroatoms. The number of carbonyl (C=O) groups excluding carboxylic acids is 2. The number of carbonyl (C=O) groups is 2. The van der Waals surface area contributed by atoms with Crippen LogP contribution in [0.15, 0.2) is 21.6 Å². The average Bonchev–Trinajstić information content (AvgIpc) is 2.46. The Balaban J connectivity index is 2.38. The van der Waals surface area contributed by atoms with Crippen molar-refractivity contribution >= 4 is 23.3 Å². The van der Waals surface area contributed by atoms with Crippen molar-refractivity contribution in [2.24, 2.45) is 0 Å². The van der Waals surface area contributed by atoms with Crippen LogP contribution in [-0.4, -0.2) is 17.3 Å². The van der Waals surface area contributed by atoms with Gasteiger partial charge in [-0.05, 0) is 19.9 Å². The van der Waals surface area contributed by atoms with Crippen LogP contribution in [0.3, 0.4) is 0 Å². The first-order valence-electron chi connectivity index (χ1n) is 4.27. The molecule has 3 nitrogen and oxygen atoms in total. The summed E-state index contributed by atoms with van der Waals surface area (Å²) in [5, 5.41) is 0.